The third-order valence-electron chi connectivity index (χ3n) is 2.94. The van der Waals surface area contributed by atoms with Crippen molar-refractivity contribution < 1.29 is 13.9 Å². The first kappa shape index (κ1) is 14.5. The molecule has 2 aromatic rings. The second-order valence-electron chi connectivity index (χ2n) is 4.48. The number of methoxy groups -OCH3 is 1. The van der Waals surface area contributed by atoms with Crippen LogP contribution in [0.15, 0.2) is 42.5 Å². The number of hydrogen-bond acceptors (Lipinski definition) is 2. The van der Waals surface area contributed by atoms with Crippen LogP contribution in [0, 0.1) is 5.82 Å². The predicted octanol–water partition coefficient (Wildman–Crippen LogP) is 3.84. The molecule has 2 aromatic carbocycles. The van der Waals surface area contributed by atoms with E-state index < -0.39 is 5.82 Å². The lowest BCUT2D eigenvalue weighted by atomic mass is 10.0. The topological polar surface area (TPSA) is 26.3 Å². The van der Waals surface area contributed by atoms with Crippen molar-refractivity contribution in [2.45, 2.75) is 12.8 Å². The van der Waals surface area contributed by atoms with Gasteiger partial charge in [-0.1, -0.05) is 29.8 Å². The van der Waals surface area contributed by atoms with E-state index in [4.69, 9.17) is 16.3 Å². The summed E-state index contributed by atoms with van der Waals surface area (Å²) in [5.41, 5.74) is 1.21. The Morgan fingerprint density at radius 2 is 2.00 bits per heavy atom. The van der Waals surface area contributed by atoms with Crippen LogP contribution in [-0.4, -0.2) is 12.9 Å². The molecule has 0 aromatic heterocycles. The Bertz CT molecular complexity index is 626. The molecule has 0 radical (unpaired) electrons. The highest BCUT2D eigenvalue weighted by Crippen LogP contribution is 2.17. The van der Waals surface area contributed by atoms with Crippen LogP contribution in [0.3, 0.4) is 0 Å². The molecule has 0 spiro atoms. The van der Waals surface area contributed by atoms with E-state index in [-0.39, 0.29) is 18.6 Å². The van der Waals surface area contributed by atoms with Gasteiger partial charge in [0, 0.05) is 17.9 Å². The summed E-state index contributed by atoms with van der Waals surface area (Å²) in [7, 11) is 1.57. The van der Waals surface area contributed by atoms with Gasteiger partial charge >= 0.3 is 0 Å². The lowest BCUT2D eigenvalue weighted by Crippen LogP contribution is -2.08. The van der Waals surface area contributed by atoms with Crippen molar-refractivity contribution in [1.82, 2.24) is 0 Å². The van der Waals surface area contributed by atoms with Crippen molar-refractivity contribution in [3.8, 4) is 5.75 Å². The summed E-state index contributed by atoms with van der Waals surface area (Å²) in [5, 5.41) is 0.325. The van der Waals surface area contributed by atoms with Gasteiger partial charge in [-0.15, -0.1) is 0 Å². The molecule has 0 bridgehead atoms. The number of rotatable bonds is 5. The number of Topliss-reactive ketones (excluding diaryl/α,β-unsaturated/α-hetero) is 1. The molecule has 0 aliphatic rings. The highest BCUT2D eigenvalue weighted by molar-refractivity contribution is 6.30. The van der Waals surface area contributed by atoms with Gasteiger partial charge in [0.15, 0.2) is 0 Å². The number of halogens is 2. The summed E-state index contributed by atoms with van der Waals surface area (Å²) >= 11 is 5.68. The lowest BCUT2D eigenvalue weighted by Gasteiger charge is -2.05. The molecule has 0 amide bonds. The third-order valence-corrected chi connectivity index (χ3v) is 3.17. The summed E-state index contributed by atoms with van der Waals surface area (Å²) in [5.74, 6) is 0.198. The maximum absolute atomic E-state index is 13.6. The molecule has 0 atom stereocenters. The Morgan fingerprint density at radius 1 is 1.20 bits per heavy atom. The molecule has 20 heavy (non-hydrogen) atoms. The van der Waals surface area contributed by atoms with Crippen molar-refractivity contribution in [1.29, 1.82) is 0 Å². The molecule has 0 unspecified atom stereocenters. The van der Waals surface area contributed by atoms with Crippen molar-refractivity contribution in [3.63, 3.8) is 0 Å². The minimum atomic E-state index is -0.448. The Morgan fingerprint density at radius 3 is 2.70 bits per heavy atom. The Kier molecular flexibility index (Phi) is 4.74. The zero-order valence-corrected chi connectivity index (χ0v) is 11.8. The lowest BCUT2D eigenvalue weighted by molar-refractivity contribution is -0.117. The van der Waals surface area contributed by atoms with Gasteiger partial charge in [0.1, 0.15) is 17.3 Å². The first-order valence-corrected chi connectivity index (χ1v) is 6.55. The van der Waals surface area contributed by atoms with Crippen molar-refractivity contribution in [3.05, 3.63) is 64.4 Å². The second-order valence-corrected chi connectivity index (χ2v) is 4.92. The number of carbonyl (C=O) groups is 1. The van der Waals surface area contributed by atoms with Gasteiger partial charge in [-0.2, -0.15) is 0 Å². The average Bonchev–Trinajstić information content (AvgIpc) is 2.42. The molecule has 0 saturated heterocycles. The average molecular weight is 293 g/mol. The Hall–Kier alpha value is -1.87. The van der Waals surface area contributed by atoms with Crippen molar-refractivity contribution in [2.24, 2.45) is 0 Å². The van der Waals surface area contributed by atoms with Crippen LogP contribution in [0.25, 0.3) is 0 Å². The summed E-state index contributed by atoms with van der Waals surface area (Å²) < 4.78 is 18.7. The quantitative estimate of drug-likeness (QED) is 0.837. The summed E-state index contributed by atoms with van der Waals surface area (Å²) in [6.07, 6.45) is 0.305. The number of carbonyl (C=O) groups excluding carboxylic acids is 1. The normalized spacial score (nSPS) is 10.3. The van der Waals surface area contributed by atoms with Crippen LogP contribution < -0.4 is 4.74 Å². The number of benzene rings is 2. The number of hydrogen-bond donors (Lipinski definition) is 0. The van der Waals surface area contributed by atoms with Crippen molar-refractivity contribution >= 4 is 17.4 Å². The third kappa shape index (κ3) is 3.81. The van der Waals surface area contributed by atoms with Gasteiger partial charge in [-0.3, -0.25) is 4.79 Å². The van der Waals surface area contributed by atoms with Crippen LogP contribution in [0.2, 0.25) is 5.02 Å². The smallest absolute Gasteiger partial charge is 0.141 e. The van der Waals surface area contributed by atoms with E-state index in [0.29, 0.717) is 16.3 Å². The first-order chi connectivity index (χ1) is 9.58. The fraction of sp³-hybridized carbons (Fsp3) is 0.188. The standard InChI is InChI=1S/C16H14ClFO2/c1-20-15-4-2-3-11(8-15)7-14(19)9-12-5-6-13(17)10-16(12)18/h2-6,8,10H,7,9H2,1H3. The zero-order chi connectivity index (χ0) is 14.5. The fourth-order valence-electron chi connectivity index (χ4n) is 1.95. The first-order valence-electron chi connectivity index (χ1n) is 6.17. The largest absolute Gasteiger partial charge is 0.497 e. The predicted molar refractivity (Wildman–Crippen MR) is 76.8 cm³/mol. The van der Waals surface area contributed by atoms with Gasteiger partial charge in [0.25, 0.3) is 0 Å². The molecule has 4 heteroatoms. The monoisotopic (exact) mass is 292 g/mol. The van der Waals surface area contributed by atoms with E-state index in [2.05, 4.69) is 0 Å². The SMILES string of the molecule is COc1cccc(CC(=O)Cc2ccc(Cl)cc2F)c1. The van der Waals surface area contributed by atoms with Crippen LogP contribution in [0.4, 0.5) is 4.39 Å². The Labute approximate surface area is 122 Å². The van der Waals surface area contributed by atoms with Crippen LogP contribution in [0.1, 0.15) is 11.1 Å². The van der Waals surface area contributed by atoms with Crippen LogP contribution in [0.5, 0.6) is 5.75 Å². The summed E-state index contributed by atoms with van der Waals surface area (Å²) in [4.78, 5) is 12.0. The second kappa shape index (κ2) is 6.53. The maximum Gasteiger partial charge on any atom is 0.141 e. The molecule has 0 saturated carbocycles. The molecular formula is C16H14ClFO2. The molecule has 0 aliphatic heterocycles. The van der Waals surface area contributed by atoms with Gasteiger partial charge in [-0.25, -0.2) is 4.39 Å². The highest BCUT2D eigenvalue weighted by atomic mass is 35.5. The zero-order valence-electron chi connectivity index (χ0n) is 11.0. The maximum atomic E-state index is 13.6. The molecule has 2 nitrogen and oxygen atoms in total. The molecule has 2 rings (SSSR count). The fourth-order valence-corrected chi connectivity index (χ4v) is 2.11. The highest BCUT2D eigenvalue weighted by Gasteiger charge is 2.10. The molecule has 0 aliphatic carbocycles. The minimum absolute atomic E-state index is 0.0558. The van der Waals surface area contributed by atoms with Gasteiger partial charge in [0.05, 0.1) is 7.11 Å². The van der Waals surface area contributed by atoms with E-state index in [0.717, 1.165) is 5.56 Å². The van der Waals surface area contributed by atoms with Crippen LogP contribution in [-0.2, 0) is 17.6 Å². The van der Waals surface area contributed by atoms with E-state index in [1.54, 1.807) is 25.3 Å². The molecule has 0 fully saturated rings. The number of ether oxygens (including phenoxy) is 1. The summed E-state index contributed by atoms with van der Waals surface area (Å²) in [6, 6.07) is 11.6. The van der Waals surface area contributed by atoms with Gasteiger partial charge in [-0.05, 0) is 35.4 Å². The summed E-state index contributed by atoms with van der Waals surface area (Å²) in [6.45, 7) is 0. The van der Waals surface area contributed by atoms with Crippen molar-refractivity contribution in [2.75, 3.05) is 7.11 Å². The Balaban J connectivity index is 2.05. The molecule has 104 valence electrons. The molecule has 0 N–H and O–H groups in total. The van der Waals surface area contributed by atoms with Crippen LogP contribution >= 0.6 is 11.6 Å². The minimum Gasteiger partial charge on any atom is -0.497 e. The van der Waals surface area contributed by atoms with E-state index >= 15 is 0 Å². The molecule has 0 heterocycles. The number of ketones is 1. The van der Waals surface area contributed by atoms with Gasteiger partial charge < -0.3 is 4.74 Å². The van der Waals surface area contributed by atoms with E-state index in [1.165, 1.54) is 6.07 Å². The molecular weight excluding hydrogens is 279 g/mol. The van der Waals surface area contributed by atoms with E-state index in [1.807, 2.05) is 18.2 Å². The van der Waals surface area contributed by atoms with E-state index in [9.17, 15) is 9.18 Å². The van der Waals surface area contributed by atoms with Gasteiger partial charge in [0.2, 0.25) is 0 Å².